The summed E-state index contributed by atoms with van der Waals surface area (Å²) >= 11 is 1.31. The van der Waals surface area contributed by atoms with Crippen LogP contribution in [0.25, 0.3) is 10.2 Å². The van der Waals surface area contributed by atoms with Crippen LogP contribution in [0.3, 0.4) is 0 Å². The Hall–Kier alpha value is -5.60. The molecule has 4 aromatic carbocycles. The third-order valence-electron chi connectivity index (χ3n) is 7.57. The molecule has 7 rings (SSSR count). The van der Waals surface area contributed by atoms with Gasteiger partial charge in [0.1, 0.15) is 34.8 Å². The molecule has 3 N–H and O–H groups in total. The van der Waals surface area contributed by atoms with Crippen LogP contribution >= 0.6 is 11.3 Å². The SMILES string of the molecule is N#Cc1nc2ccc(OCCCNC(=O)Cc3ccc4c(c3)C(=O)OC43c4ccc(O)cc4Oc4cc(O)ccc43)cc2s1. The van der Waals surface area contributed by atoms with Crippen molar-refractivity contribution in [1.82, 2.24) is 10.3 Å². The van der Waals surface area contributed by atoms with Gasteiger partial charge in [-0.1, -0.05) is 12.1 Å². The van der Waals surface area contributed by atoms with Crippen molar-refractivity contribution < 1.29 is 34.0 Å². The minimum absolute atomic E-state index is 0.0208. The van der Waals surface area contributed by atoms with Crippen molar-refractivity contribution in [2.45, 2.75) is 18.4 Å². The summed E-state index contributed by atoms with van der Waals surface area (Å²) < 4.78 is 18.7. The Balaban J connectivity index is 1.03. The first kappa shape index (κ1) is 27.2. The first-order valence-corrected chi connectivity index (χ1v) is 14.6. The van der Waals surface area contributed by atoms with Crippen LogP contribution in [0.15, 0.2) is 72.8 Å². The second-order valence-electron chi connectivity index (χ2n) is 10.4. The van der Waals surface area contributed by atoms with Crippen molar-refractivity contribution in [2.75, 3.05) is 13.2 Å². The number of nitrogens with one attached hydrogen (secondary N) is 1. The van der Waals surface area contributed by atoms with Crippen molar-refractivity contribution in [1.29, 1.82) is 5.26 Å². The number of fused-ring (bicyclic) bond motifs is 7. The van der Waals surface area contributed by atoms with Crippen LogP contribution in [0.5, 0.6) is 28.7 Å². The van der Waals surface area contributed by atoms with E-state index in [1.54, 1.807) is 36.4 Å². The number of rotatable bonds is 7. The summed E-state index contributed by atoms with van der Waals surface area (Å²) in [5.41, 5.74) is 2.02. The molecule has 1 spiro atoms. The Labute approximate surface area is 254 Å². The van der Waals surface area contributed by atoms with E-state index in [-0.39, 0.29) is 23.8 Å². The van der Waals surface area contributed by atoms with Crippen LogP contribution in [-0.4, -0.2) is 40.2 Å². The van der Waals surface area contributed by atoms with Crippen LogP contribution in [0.1, 0.15) is 44.0 Å². The molecular weight excluding hydrogens is 582 g/mol. The van der Waals surface area contributed by atoms with Gasteiger partial charge in [0, 0.05) is 35.4 Å². The lowest BCUT2D eigenvalue weighted by atomic mass is 9.77. The number of hydrogen-bond donors (Lipinski definition) is 3. The van der Waals surface area contributed by atoms with Gasteiger partial charge in [0.15, 0.2) is 10.6 Å². The van der Waals surface area contributed by atoms with Gasteiger partial charge in [0.2, 0.25) is 5.91 Å². The lowest BCUT2D eigenvalue weighted by Gasteiger charge is -2.36. The molecule has 2 aliphatic heterocycles. The van der Waals surface area contributed by atoms with E-state index in [4.69, 9.17) is 19.5 Å². The van der Waals surface area contributed by atoms with Gasteiger partial charge in [-0.15, -0.1) is 11.3 Å². The monoisotopic (exact) mass is 605 g/mol. The lowest BCUT2D eigenvalue weighted by molar-refractivity contribution is -0.120. The number of carbonyl (C=O) groups excluding carboxylic acids is 2. The maximum absolute atomic E-state index is 13.3. The molecule has 0 bridgehead atoms. The minimum atomic E-state index is -1.35. The standard InChI is InChI=1S/C33H23N3O7S/c34-17-31-36-26-9-5-21(16-29(26)44-31)41-11-1-10-35-30(39)13-18-2-6-23-22(12-18)32(40)43-33(23)24-7-3-19(37)14-27(24)42-28-15-20(38)4-8-25(28)33/h2-9,12,14-16,37-38H,1,10-11,13H2,(H,35,39). The second kappa shape index (κ2) is 10.6. The highest BCUT2D eigenvalue weighted by atomic mass is 32.1. The number of amides is 1. The van der Waals surface area contributed by atoms with E-state index < -0.39 is 11.6 Å². The third kappa shape index (κ3) is 4.62. The van der Waals surface area contributed by atoms with Crippen molar-refractivity contribution in [3.8, 4) is 34.8 Å². The number of benzene rings is 4. The Morgan fingerprint density at radius 2 is 1.70 bits per heavy atom. The number of ether oxygens (including phenoxy) is 3. The number of hydrogen-bond acceptors (Lipinski definition) is 10. The van der Waals surface area contributed by atoms with Crippen LogP contribution < -0.4 is 14.8 Å². The van der Waals surface area contributed by atoms with Crippen LogP contribution in [0.4, 0.5) is 0 Å². The molecule has 0 aliphatic carbocycles. The molecule has 44 heavy (non-hydrogen) atoms. The molecule has 0 saturated heterocycles. The van der Waals surface area contributed by atoms with Gasteiger partial charge in [0.25, 0.3) is 0 Å². The Kier molecular flexibility index (Phi) is 6.56. The fourth-order valence-corrected chi connectivity index (χ4v) is 6.43. The number of carbonyl (C=O) groups is 2. The van der Waals surface area contributed by atoms with E-state index in [9.17, 15) is 19.8 Å². The van der Waals surface area contributed by atoms with E-state index in [1.165, 1.54) is 35.6 Å². The zero-order valence-electron chi connectivity index (χ0n) is 23.0. The highest BCUT2D eigenvalue weighted by Gasteiger charge is 2.53. The van der Waals surface area contributed by atoms with E-state index in [2.05, 4.69) is 10.3 Å². The molecule has 1 aromatic heterocycles. The third-order valence-corrected chi connectivity index (χ3v) is 8.49. The summed E-state index contributed by atoms with van der Waals surface area (Å²) in [6.45, 7) is 0.800. The van der Waals surface area contributed by atoms with Crippen molar-refractivity contribution >= 4 is 33.4 Å². The summed E-state index contributed by atoms with van der Waals surface area (Å²) in [5, 5.41) is 32.5. The zero-order valence-corrected chi connectivity index (χ0v) is 23.8. The first-order valence-electron chi connectivity index (χ1n) is 13.8. The second-order valence-corrected chi connectivity index (χ2v) is 11.4. The molecule has 2 aliphatic rings. The molecule has 0 saturated carbocycles. The normalized spacial score (nSPS) is 13.8. The van der Waals surface area contributed by atoms with Gasteiger partial charge in [-0.05, 0) is 60.5 Å². The number of esters is 1. The molecular formula is C33H23N3O7S. The fraction of sp³-hybridized carbons (Fsp3) is 0.152. The molecule has 0 radical (unpaired) electrons. The molecule has 0 atom stereocenters. The predicted octanol–water partition coefficient (Wildman–Crippen LogP) is 5.27. The Bertz CT molecular complexity index is 1980. The molecule has 5 aromatic rings. The Morgan fingerprint density at radius 3 is 2.43 bits per heavy atom. The average molecular weight is 606 g/mol. The topological polar surface area (TPSA) is 151 Å². The number of phenols is 2. The van der Waals surface area contributed by atoms with Gasteiger partial charge in [0.05, 0.1) is 28.8 Å². The zero-order chi connectivity index (χ0) is 30.4. The molecule has 11 heteroatoms. The molecule has 0 fully saturated rings. The molecule has 1 amide bonds. The molecule has 10 nitrogen and oxygen atoms in total. The Morgan fingerprint density at radius 1 is 0.977 bits per heavy atom. The number of phenolic OH excluding ortho intramolecular Hbond substituents is 2. The van der Waals surface area contributed by atoms with E-state index in [0.29, 0.717) is 69.6 Å². The summed E-state index contributed by atoms with van der Waals surface area (Å²) in [4.78, 5) is 30.2. The first-order chi connectivity index (χ1) is 21.3. The van der Waals surface area contributed by atoms with Crippen LogP contribution in [0.2, 0.25) is 0 Å². The highest BCUT2D eigenvalue weighted by molar-refractivity contribution is 7.19. The summed E-state index contributed by atoms with van der Waals surface area (Å²) in [6.07, 6.45) is 0.649. The number of nitrogens with zero attached hydrogens (tertiary/aromatic N) is 2. The van der Waals surface area contributed by atoms with Gasteiger partial charge < -0.3 is 29.7 Å². The molecule has 218 valence electrons. The summed E-state index contributed by atoms with van der Waals surface area (Å²) in [6, 6.07) is 21.9. The van der Waals surface area contributed by atoms with E-state index in [0.717, 1.165) is 10.2 Å². The van der Waals surface area contributed by atoms with Crippen molar-refractivity contribution in [2.24, 2.45) is 0 Å². The van der Waals surface area contributed by atoms with Crippen molar-refractivity contribution in [3.05, 3.63) is 106 Å². The quantitative estimate of drug-likeness (QED) is 0.166. The highest BCUT2D eigenvalue weighted by Crippen LogP contribution is 2.57. The fourth-order valence-electron chi connectivity index (χ4n) is 5.64. The maximum Gasteiger partial charge on any atom is 0.340 e. The van der Waals surface area contributed by atoms with E-state index in [1.807, 2.05) is 18.2 Å². The predicted molar refractivity (Wildman–Crippen MR) is 159 cm³/mol. The number of nitriles is 1. The maximum atomic E-state index is 13.3. The number of aromatic nitrogens is 1. The van der Waals surface area contributed by atoms with Gasteiger partial charge in [-0.2, -0.15) is 5.26 Å². The van der Waals surface area contributed by atoms with Gasteiger partial charge in [-0.25, -0.2) is 9.78 Å². The van der Waals surface area contributed by atoms with Crippen LogP contribution in [-0.2, 0) is 21.6 Å². The number of thiazole rings is 1. The smallest absolute Gasteiger partial charge is 0.340 e. The summed E-state index contributed by atoms with van der Waals surface area (Å²) in [7, 11) is 0. The lowest BCUT2D eigenvalue weighted by Crippen LogP contribution is -2.32. The van der Waals surface area contributed by atoms with Gasteiger partial charge in [-0.3, -0.25) is 4.79 Å². The van der Waals surface area contributed by atoms with Gasteiger partial charge >= 0.3 is 5.97 Å². The van der Waals surface area contributed by atoms with E-state index >= 15 is 0 Å². The van der Waals surface area contributed by atoms with Crippen molar-refractivity contribution in [3.63, 3.8) is 0 Å². The van der Waals surface area contributed by atoms with Crippen LogP contribution in [0, 0.1) is 11.3 Å². The minimum Gasteiger partial charge on any atom is -0.508 e. The number of aromatic hydroxyl groups is 2. The summed E-state index contributed by atoms with van der Waals surface area (Å²) in [5.74, 6) is 0.471. The molecule has 0 unspecified atom stereocenters. The molecule has 3 heterocycles. The average Bonchev–Trinajstić information content (AvgIpc) is 3.55. The largest absolute Gasteiger partial charge is 0.508 e.